The second-order valence-corrected chi connectivity index (χ2v) is 6.65. The molecule has 2 aromatic heterocycles. The number of aromatic amines is 1. The van der Waals surface area contributed by atoms with E-state index in [4.69, 9.17) is 0 Å². The van der Waals surface area contributed by atoms with E-state index in [0.717, 1.165) is 22.7 Å². The van der Waals surface area contributed by atoms with Crippen LogP contribution in [0.4, 0.5) is 0 Å². The molecule has 0 aliphatic carbocycles. The van der Waals surface area contributed by atoms with Crippen LogP contribution < -0.4 is 0 Å². The van der Waals surface area contributed by atoms with Crippen LogP contribution >= 0.6 is 0 Å². The van der Waals surface area contributed by atoms with Crippen molar-refractivity contribution in [1.82, 2.24) is 15.0 Å². The number of nitrogens with one attached hydrogen (secondary N) is 1. The molecule has 3 nitrogen and oxygen atoms in total. The number of hydrogen-bond acceptors (Lipinski definition) is 2. The smallest absolute Gasteiger partial charge is 0.177 e. The monoisotopic (exact) mass is 231 g/mol. The normalized spacial score (nSPS) is 13.3. The quantitative estimate of drug-likeness (QED) is 0.753. The minimum Gasteiger partial charge on any atom is -0.340 e. The van der Waals surface area contributed by atoms with E-state index < -0.39 is 0 Å². The molecule has 0 unspecified atom stereocenters. The first-order valence-corrected chi connectivity index (χ1v) is 6.06. The standard InChI is InChI=1S/C14H21N3/c1-13(2,3)10-8-7-9-11(16-10)17-12(15-9)14(4,5)6/h7-8H,1-6H3,(H,15,16,17). The Morgan fingerprint density at radius 3 is 2.06 bits per heavy atom. The van der Waals surface area contributed by atoms with Crippen molar-refractivity contribution < 1.29 is 0 Å². The number of fused-ring (bicyclic) bond motifs is 1. The van der Waals surface area contributed by atoms with Crippen molar-refractivity contribution >= 4 is 11.2 Å². The van der Waals surface area contributed by atoms with Gasteiger partial charge in [-0.2, -0.15) is 0 Å². The Hall–Kier alpha value is -1.38. The Morgan fingerprint density at radius 2 is 1.53 bits per heavy atom. The summed E-state index contributed by atoms with van der Waals surface area (Å²) in [6.07, 6.45) is 0. The van der Waals surface area contributed by atoms with Crippen LogP contribution in [0.5, 0.6) is 0 Å². The highest BCUT2D eigenvalue weighted by atomic mass is 15.0. The lowest BCUT2D eigenvalue weighted by Gasteiger charge is -2.16. The molecule has 2 aromatic rings. The van der Waals surface area contributed by atoms with Gasteiger partial charge in [0.1, 0.15) is 5.82 Å². The number of pyridine rings is 1. The molecule has 0 spiro atoms. The zero-order chi connectivity index (χ0) is 12.8. The van der Waals surface area contributed by atoms with Gasteiger partial charge in [0.2, 0.25) is 0 Å². The minimum absolute atomic E-state index is 0.0304. The summed E-state index contributed by atoms with van der Waals surface area (Å²) >= 11 is 0. The molecular formula is C14H21N3. The summed E-state index contributed by atoms with van der Waals surface area (Å²) in [6, 6.07) is 4.15. The largest absolute Gasteiger partial charge is 0.340 e. The summed E-state index contributed by atoms with van der Waals surface area (Å²) in [6.45, 7) is 12.9. The average molecular weight is 231 g/mol. The fraction of sp³-hybridized carbons (Fsp3) is 0.571. The highest BCUT2D eigenvalue weighted by molar-refractivity contribution is 5.71. The fourth-order valence-corrected chi connectivity index (χ4v) is 1.67. The van der Waals surface area contributed by atoms with Crippen molar-refractivity contribution in [1.29, 1.82) is 0 Å². The molecule has 92 valence electrons. The first-order valence-electron chi connectivity index (χ1n) is 6.06. The zero-order valence-electron chi connectivity index (χ0n) is 11.5. The van der Waals surface area contributed by atoms with Crippen LogP contribution in [-0.2, 0) is 10.8 Å². The Bertz CT molecular complexity index is 527. The molecule has 0 aliphatic rings. The molecule has 1 N–H and O–H groups in total. The van der Waals surface area contributed by atoms with Crippen LogP contribution in [0.15, 0.2) is 12.1 Å². The number of H-pyrrole nitrogens is 1. The molecule has 2 heterocycles. The SMILES string of the molecule is CC(C)(C)c1ccc2[nH]c(C(C)(C)C)nc2n1. The Kier molecular flexibility index (Phi) is 2.53. The molecule has 0 amide bonds. The van der Waals surface area contributed by atoms with Gasteiger partial charge in [0.05, 0.1) is 5.52 Å². The molecule has 0 atom stereocenters. The molecule has 0 aromatic carbocycles. The maximum atomic E-state index is 4.64. The van der Waals surface area contributed by atoms with Crippen LogP contribution in [0, 0.1) is 0 Å². The van der Waals surface area contributed by atoms with Gasteiger partial charge < -0.3 is 4.98 Å². The Morgan fingerprint density at radius 1 is 0.882 bits per heavy atom. The van der Waals surface area contributed by atoms with E-state index in [0.29, 0.717) is 0 Å². The van der Waals surface area contributed by atoms with E-state index in [1.54, 1.807) is 0 Å². The fourth-order valence-electron chi connectivity index (χ4n) is 1.67. The number of hydrogen-bond donors (Lipinski definition) is 1. The van der Waals surface area contributed by atoms with Gasteiger partial charge in [-0.1, -0.05) is 41.5 Å². The maximum absolute atomic E-state index is 4.64. The number of imidazole rings is 1. The van der Waals surface area contributed by atoms with E-state index in [-0.39, 0.29) is 10.8 Å². The Labute approximate surface area is 103 Å². The molecule has 0 radical (unpaired) electrons. The number of rotatable bonds is 0. The van der Waals surface area contributed by atoms with Crippen molar-refractivity contribution in [2.75, 3.05) is 0 Å². The lowest BCUT2D eigenvalue weighted by atomic mass is 9.92. The van der Waals surface area contributed by atoms with Gasteiger partial charge in [-0.3, -0.25) is 0 Å². The van der Waals surface area contributed by atoms with Gasteiger partial charge in [0.25, 0.3) is 0 Å². The van der Waals surface area contributed by atoms with Crippen LogP contribution in [0.25, 0.3) is 11.2 Å². The predicted molar refractivity (Wildman–Crippen MR) is 71.3 cm³/mol. The average Bonchev–Trinajstić information content (AvgIpc) is 2.57. The van der Waals surface area contributed by atoms with Crippen molar-refractivity contribution in [2.45, 2.75) is 52.4 Å². The third-order valence-corrected chi connectivity index (χ3v) is 2.82. The van der Waals surface area contributed by atoms with E-state index in [1.807, 2.05) is 0 Å². The van der Waals surface area contributed by atoms with Gasteiger partial charge >= 0.3 is 0 Å². The topological polar surface area (TPSA) is 41.6 Å². The van der Waals surface area contributed by atoms with Crippen molar-refractivity contribution in [3.05, 3.63) is 23.7 Å². The molecule has 0 saturated heterocycles. The molecule has 3 heteroatoms. The third-order valence-electron chi connectivity index (χ3n) is 2.82. The number of aromatic nitrogens is 3. The van der Waals surface area contributed by atoms with Gasteiger partial charge in [0, 0.05) is 16.5 Å². The predicted octanol–water partition coefficient (Wildman–Crippen LogP) is 3.55. The molecule has 17 heavy (non-hydrogen) atoms. The Balaban J connectivity index is 2.56. The second kappa shape index (κ2) is 3.56. The molecule has 2 rings (SSSR count). The van der Waals surface area contributed by atoms with Gasteiger partial charge in [0.15, 0.2) is 5.65 Å². The van der Waals surface area contributed by atoms with Crippen LogP contribution in [0.3, 0.4) is 0 Å². The molecule has 0 bridgehead atoms. The molecular weight excluding hydrogens is 210 g/mol. The van der Waals surface area contributed by atoms with Crippen molar-refractivity contribution in [3.8, 4) is 0 Å². The van der Waals surface area contributed by atoms with E-state index in [9.17, 15) is 0 Å². The highest BCUT2D eigenvalue weighted by Gasteiger charge is 2.20. The highest BCUT2D eigenvalue weighted by Crippen LogP contribution is 2.25. The summed E-state index contributed by atoms with van der Waals surface area (Å²) in [7, 11) is 0. The van der Waals surface area contributed by atoms with Crippen molar-refractivity contribution in [3.63, 3.8) is 0 Å². The minimum atomic E-state index is 0.0304. The summed E-state index contributed by atoms with van der Waals surface area (Å²) in [5, 5.41) is 0. The molecule has 0 aliphatic heterocycles. The summed E-state index contributed by atoms with van der Waals surface area (Å²) in [5.74, 6) is 0.992. The van der Waals surface area contributed by atoms with E-state index >= 15 is 0 Å². The summed E-state index contributed by atoms with van der Waals surface area (Å²) in [4.78, 5) is 12.6. The molecule has 0 fully saturated rings. The van der Waals surface area contributed by atoms with Crippen molar-refractivity contribution in [2.24, 2.45) is 0 Å². The van der Waals surface area contributed by atoms with Gasteiger partial charge in [-0.25, -0.2) is 9.97 Å². The second-order valence-electron chi connectivity index (χ2n) is 6.65. The molecule has 0 saturated carbocycles. The lowest BCUT2D eigenvalue weighted by molar-refractivity contribution is 0.553. The van der Waals surface area contributed by atoms with Gasteiger partial charge in [-0.05, 0) is 12.1 Å². The summed E-state index contributed by atoms with van der Waals surface area (Å²) in [5.41, 5.74) is 3.01. The van der Waals surface area contributed by atoms with Crippen LogP contribution in [-0.4, -0.2) is 15.0 Å². The third kappa shape index (κ3) is 2.33. The maximum Gasteiger partial charge on any atom is 0.177 e. The van der Waals surface area contributed by atoms with E-state index in [1.165, 1.54) is 0 Å². The van der Waals surface area contributed by atoms with Crippen LogP contribution in [0.1, 0.15) is 53.1 Å². The zero-order valence-corrected chi connectivity index (χ0v) is 11.5. The lowest BCUT2D eigenvalue weighted by Crippen LogP contribution is -2.13. The van der Waals surface area contributed by atoms with Crippen LogP contribution in [0.2, 0.25) is 0 Å². The first-order chi connectivity index (χ1) is 7.68. The first kappa shape index (κ1) is 12.1. The van der Waals surface area contributed by atoms with E-state index in [2.05, 4.69) is 68.6 Å². The summed E-state index contributed by atoms with van der Waals surface area (Å²) < 4.78 is 0. The number of nitrogens with zero attached hydrogens (tertiary/aromatic N) is 2. The van der Waals surface area contributed by atoms with Gasteiger partial charge in [-0.15, -0.1) is 0 Å².